The molecule has 4 heteroatoms. The number of aromatic nitrogens is 2. The number of H-pyrrole nitrogens is 1. The molecule has 88 valence electrons. The summed E-state index contributed by atoms with van der Waals surface area (Å²) in [6.07, 6.45) is 7.46. The fraction of sp³-hybridized carbons (Fsp3) is 0.750. The quantitative estimate of drug-likeness (QED) is 0.799. The topological polar surface area (TPSA) is 49.9 Å². The Balaban J connectivity index is 1.71. The lowest BCUT2D eigenvalue weighted by Gasteiger charge is -2.21. The number of rotatable bonds is 2. The number of morpholine rings is 1. The molecule has 2 N–H and O–H groups in total. The molecular formula is C12H19N3O. The molecule has 0 bridgehead atoms. The van der Waals surface area contributed by atoms with Gasteiger partial charge in [0.25, 0.3) is 0 Å². The third-order valence-corrected chi connectivity index (χ3v) is 3.64. The first-order valence-electron chi connectivity index (χ1n) is 6.30. The van der Waals surface area contributed by atoms with E-state index in [9.17, 15) is 0 Å². The van der Waals surface area contributed by atoms with Crippen molar-refractivity contribution >= 4 is 0 Å². The predicted octanol–water partition coefficient (Wildman–Crippen LogP) is 1.73. The molecule has 0 amide bonds. The number of hydrogen-bond donors (Lipinski definition) is 2. The highest BCUT2D eigenvalue weighted by Crippen LogP contribution is 2.33. The second kappa shape index (κ2) is 4.55. The van der Waals surface area contributed by atoms with Gasteiger partial charge in [-0.3, -0.25) is 0 Å². The highest BCUT2D eigenvalue weighted by molar-refractivity contribution is 5.11. The van der Waals surface area contributed by atoms with Gasteiger partial charge in [-0.2, -0.15) is 0 Å². The molecule has 2 heterocycles. The van der Waals surface area contributed by atoms with Crippen LogP contribution in [-0.4, -0.2) is 29.7 Å². The molecule has 2 fully saturated rings. The molecule has 1 saturated heterocycles. The zero-order valence-electron chi connectivity index (χ0n) is 9.54. The normalized spacial score (nSPS) is 27.4. The Morgan fingerprint density at radius 1 is 1.31 bits per heavy atom. The van der Waals surface area contributed by atoms with Crippen LogP contribution >= 0.6 is 0 Å². The van der Waals surface area contributed by atoms with Crippen LogP contribution in [0.1, 0.15) is 49.2 Å². The Hall–Kier alpha value is -0.870. The van der Waals surface area contributed by atoms with E-state index < -0.39 is 0 Å². The molecule has 0 spiro atoms. The molecule has 1 saturated carbocycles. The van der Waals surface area contributed by atoms with Crippen molar-refractivity contribution in [3.8, 4) is 0 Å². The third-order valence-electron chi connectivity index (χ3n) is 3.64. The Morgan fingerprint density at radius 2 is 2.19 bits per heavy atom. The maximum absolute atomic E-state index is 5.68. The number of imidazole rings is 1. The van der Waals surface area contributed by atoms with Crippen LogP contribution in [0, 0.1) is 0 Å². The standard InChI is InChI=1S/C12H19N3O/c1-2-4-9(3-1)10-7-14-12(15-10)11-8-13-5-6-16-11/h7,9,11,13H,1-6,8H2,(H,14,15). The van der Waals surface area contributed by atoms with Gasteiger partial charge in [0.05, 0.1) is 6.61 Å². The van der Waals surface area contributed by atoms with Gasteiger partial charge < -0.3 is 15.0 Å². The van der Waals surface area contributed by atoms with Gasteiger partial charge in [0, 0.05) is 30.9 Å². The molecule has 1 aromatic rings. The molecule has 1 aromatic heterocycles. The highest BCUT2D eigenvalue weighted by atomic mass is 16.5. The largest absolute Gasteiger partial charge is 0.368 e. The zero-order chi connectivity index (χ0) is 10.8. The number of aromatic amines is 1. The van der Waals surface area contributed by atoms with Crippen molar-refractivity contribution < 1.29 is 4.74 Å². The Bertz CT molecular complexity index is 338. The number of nitrogens with zero attached hydrogens (tertiary/aromatic N) is 1. The second-order valence-electron chi connectivity index (χ2n) is 4.77. The van der Waals surface area contributed by atoms with E-state index in [1.807, 2.05) is 6.20 Å². The van der Waals surface area contributed by atoms with Crippen LogP contribution in [-0.2, 0) is 4.74 Å². The van der Waals surface area contributed by atoms with Crippen molar-refractivity contribution in [3.63, 3.8) is 0 Å². The van der Waals surface area contributed by atoms with Crippen LogP contribution < -0.4 is 5.32 Å². The zero-order valence-corrected chi connectivity index (χ0v) is 9.54. The predicted molar refractivity (Wildman–Crippen MR) is 61.4 cm³/mol. The second-order valence-corrected chi connectivity index (χ2v) is 4.77. The van der Waals surface area contributed by atoms with Crippen LogP contribution in [0.25, 0.3) is 0 Å². The Morgan fingerprint density at radius 3 is 2.94 bits per heavy atom. The van der Waals surface area contributed by atoms with Gasteiger partial charge in [-0.1, -0.05) is 12.8 Å². The van der Waals surface area contributed by atoms with E-state index in [0.29, 0.717) is 5.92 Å². The van der Waals surface area contributed by atoms with Gasteiger partial charge in [-0.05, 0) is 12.8 Å². The summed E-state index contributed by atoms with van der Waals surface area (Å²) in [6.45, 7) is 2.61. The molecule has 1 aliphatic heterocycles. The Kier molecular flexibility index (Phi) is 2.93. The maximum atomic E-state index is 5.68. The van der Waals surface area contributed by atoms with Gasteiger partial charge in [0.15, 0.2) is 0 Å². The minimum Gasteiger partial charge on any atom is -0.368 e. The highest BCUT2D eigenvalue weighted by Gasteiger charge is 2.22. The van der Waals surface area contributed by atoms with E-state index in [1.165, 1.54) is 31.4 Å². The molecule has 1 aliphatic carbocycles. The molecule has 4 nitrogen and oxygen atoms in total. The van der Waals surface area contributed by atoms with Crippen molar-refractivity contribution in [3.05, 3.63) is 17.7 Å². The number of nitrogens with one attached hydrogen (secondary N) is 2. The molecule has 0 radical (unpaired) electrons. The van der Waals surface area contributed by atoms with E-state index in [0.717, 1.165) is 25.5 Å². The van der Waals surface area contributed by atoms with E-state index in [1.54, 1.807) is 0 Å². The van der Waals surface area contributed by atoms with Crippen molar-refractivity contribution in [2.24, 2.45) is 0 Å². The lowest BCUT2D eigenvalue weighted by Crippen LogP contribution is -2.33. The van der Waals surface area contributed by atoms with E-state index >= 15 is 0 Å². The summed E-state index contributed by atoms with van der Waals surface area (Å²) < 4.78 is 5.68. The minimum absolute atomic E-state index is 0.115. The number of hydrogen-bond acceptors (Lipinski definition) is 3. The molecule has 2 aliphatic rings. The summed E-state index contributed by atoms with van der Waals surface area (Å²) in [7, 11) is 0. The average molecular weight is 221 g/mol. The minimum atomic E-state index is 0.115. The molecule has 3 rings (SSSR count). The van der Waals surface area contributed by atoms with Crippen molar-refractivity contribution in [2.45, 2.75) is 37.7 Å². The summed E-state index contributed by atoms with van der Waals surface area (Å²) in [4.78, 5) is 7.91. The number of ether oxygens (including phenoxy) is 1. The molecule has 16 heavy (non-hydrogen) atoms. The van der Waals surface area contributed by atoms with Crippen LogP contribution in [0.15, 0.2) is 6.20 Å². The van der Waals surface area contributed by atoms with E-state index in [-0.39, 0.29) is 6.10 Å². The fourth-order valence-corrected chi connectivity index (χ4v) is 2.70. The first kappa shape index (κ1) is 10.3. The first-order valence-corrected chi connectivity index (χ1v) is 6.30. The molecular weight excluding hydrogens is 202 g/mol. The SMILES string of the molecule is c1nc(C2CNCCO2)[nH]c1C1CCCC1. The summed E-state index contributed by atoms with van der Waals surface area (Å²) >= 11 is 0. The van der Waals surface area contributed by atoms with E-state index in [4.69, 9.17) is 4.74 Å². The van der Waals surface area contributed by atoms with Crippen molar-refractivity contribution in [1.82, 2.24) is 15.3 Å². The van der Waals surface area contributed by atoms with Gasteiger partial charge in [-0.25, -0.2) is 4.98 Å². The van der Waals surface area contributed by atoms with Crippen molar-refractivity contribution in [1.29, 1.82) is 0 Å². The van der Waals surface area contributed by atoms with Gasteiger partial charge >= 0.3 is 0 Å². The maximum Gasteiger partial charge on any atom is 0.136 e. The van der Waals surface area contributed by atoms with Crippen LogP contribution in [0.2, 0.25) is 0 Å². The van der Waals surface area contributed by atoms with Crippen LogP contribution in [0.5, 0.6) is 0 Å². The molecule has 0 aromatic carbocycles. The monoisotopic (exact) mass is 221 g/mol. The smallest absolute Gasteiger partial charge is 0.136 e. The summed E-state index contributed by atoms with van der Waals surface area (Å²) in [6, 6.07) is 0. The van der Waals surface area contributed by atoms with E-state index in [2.05, 4.69) is 15.3 Å². The average Bonchev–Trinajstić information content (AvgIpc) is 3.01. The lowest BCUT2D eigenvalue weighted by atomic mass is 10.1. The summed E-state index contributed by atoms with van der Waals surface area (Å²) in [5.41, 5.74) is 1.31. The fourth-order valence-electron chi connectivity index (χ4n) is 2.70. The van der Waals surface area contributed by atoms with Gasteiger partial charge in [0.2, 0.25) is 0 Å². The van der Waals surface area contributed by atoms with Gasteiger partial charge in [-0.15, -0.1) is 0 Å². The lowest BCUT2D eigenvalue weighted by molar-refractivity contribution is 0.0226. The molecule has 1 unspecified atom stereocenters. The van der Waals surface area contributed by atoms with Gasteiger partial charge in [0.1, 0.15) is 11.9 Å². The summed E-state index contributed by atoms with van der Waals surface area (Å²) in [5.74, 6) is 1.70. The van der Waals surface area contributed by atoms with Crippen LogP contribution in [0.4, 0.5) is 0 Å². The Labute approximate surface area is 95.8 Å². The first-order chi connectivity index (χ1) is 7.93. The molecule has 1 atom stereocenters. The van der Waals surface area contributed by atoms with Crippen LogP contribution in [0.3, 0.4) is 0 Å². The third kappa shape index (κ3) is 1.99. The summed E-state index contributed by atoms with van der Waals surface area (Å²) in [5, 5.41) is 3.33. The van der Waals surface area contributed by atoms with Crippen molar-refractivity contribution in [2.75, 3.05) is 19.7 Å².